The second kappa shape index (κ2) is 6.81. The van der Waals surface area contributed by atoms with Crippen LogP contribution in [0.1, 0.15) is 38.3 Å². The molecule has 3 atom stereocenters. The molecule has 4 aromatic rings. The van der Waals surface area contributed by atoms with Crippen LogP contribution >= 0.6 is 0 Å². The topological polar surface area (TPSA) is 75.9 Å². The van der Waals surface area contributed by atoms with Crippen molar-refractivity contribution in [2.24, 2.45) is 7.05 Å². The number of aromatic nitrogens is 4. The number of nitrogens with zero attached hydrogens (tertiary/aromatic N) is 4. The molecule has 0 spiro atoms. The van der Waals surface area contributed by atoms with Crippen molar-refractivity contribution in [1.29, 1.82) is 0 Å². The van der Waals surface area contributed by atoms with E-state index >= 15 is 0 Å². The number of phenols is 1. The Bertz CT molecular complexity index is 1200. The second-order valence-corrected chi connectivity index (χ2v) is 8.34. The van der Waals surface area contributed by atoms with Gasteiger partial charge in [0.25, 0.3) is 0 Å². The Kier molecular flexibility index (Phi) is 4.24. The SMILES string of the molecule is C[C@@H]1CC(c2ccc3nc(-c4cc5cn(C)nc5cc4O)ccc3n2)C[C@H](C)N1. The predicted molar refractivity (Wildman–Crippen MR) is 115 cm³/mol. The maximum atomic E-state index is 10.5. The van der Waals surface area contributed by atoms with Gasteiger partial charge in [0.05, 0.1) is 22.2 Å². The molecule has 1 aliphatic rings. The molecule has 1 fully saturated rings. The zero-order valence-electron chi connectivity index (χ0n) is 16.9. The molecule has 29 heavy (non-hydrogen) atoms. The molecule has 5 rings (SSSR count). The minimum atomic E-state index is 0.185. The summed E-state index contributed by atoms with van der Waals surface area (Å²) in [6.07, 6.45) is 4.15. The van der Waals surface area contributed by atoms with Crippen molar-refractivity contribution in [2.75, 3.05) is 0 Å². The molecule has 6 heteroatoms. The van der Waals surface area contributed by atoms with Gasteiger partial charge in [0.2, 0.25) is 0 Å². The van der Waals surface area contributed by atoms with E-state index in [4.69, 9.17) is 9.97 Å². The molecule has 2 N–H and O–H groups in total. The van der Waals surface area contributed by atoms with E-state index in [1.165, 1.54) is 0 Å². The van der Waals surface area contributed by atoms with Gasteiger partial charge in [0.1, 0.15) is 5.75 Å². The fraction of sp³-hybridized carbons (Fsp3) is 0.348. The molecule has 0 aliphatic carbocycles. The summed E-state index contributed by atoms with van der Waals surface area (Å²) in [6.45, 7) is 4.48. The van der Waals surface area contributed by atoms with Gasteiger partial charge in [-0.3, -0.25) is 9.67 Å². The third kappa shape index (κ3) is 3.34. The minimum absolute atomic E-state index is 0.185. The highest BCUT2D eigenvalue weighted by atomic mass is 16.3. The lowest BCUT2D eigenvalue weighted by Gasteiger charge is -2.32. The molecule has 1 aliphatic heterocycles. The number of aryl methyl sites for hydroxylation is 1. The van der Waals surface area contributed by atoms with Gasteiger partial charge in [0.15, 0.2) is 0 Å². The van der Waals surface area contributed by atoms with E-state index in [0.29, 0.717) is 23.6 Å². The van der Waals surface area contributed by atoms with Crippen LogP contribution in [0.3, 0.4) is 0 Å². The molecule has 0 radical (unpaired) electrons. The number of fused-ring (bicyclic) bond motifs is 2. The van der Waals surface area contributed by atoms with Crippen LogP contribution in [0.15, 0.2) is 42.6 Å². The second-order valence-electron chi connectivity index (χ2n) is 8.34. The zero-order chi connectivity index (χ0) is 20.1. The van der Waals surface area contributed by atoms with E-state index in [9.17, 15) is 5.11 Å². The third-order valence-corrected chi connectivity index (χ3v) is 5.84. The van der Waals surface area contributed by atoms with Crippen LogP contribution in [0.4, 0.5) is 0 Å². The van der Waals surface area contributed by atoms with Crippen molar-refractivity contribution >= 4 is 21.9 Å². The third-order valence-electron chi connectivity index (χ3n) is 5.84. The Morgan fingerprint density at radius 2 is 1.69 bits per heavy atom. The predicted octanol–water partition coefficient (Wildman–Crippen LogP) is 4.13. The lowest BCUT2D eigenvalue weighted by atomic mass is 9.86. The summed E-state index contributed by atoms with van der Waals surface area (Å²) in [4.78, 5) is 9.69. The van der Waals surface area contributed by atoms with E-state index in [-0.39, 0.29) is 5.75 Å². The minimum Gasteiger partial charge on any atom is -0.507 e. The molecular formula is C23H25N5O. The van der Waals surface area contributed by atoms with Gasteiger partial charge in [0, 0.05) is 54.0 Å². The summed E-state index contributed by atoms with van der Waals surface area (Å²) >= 11 is 0. The lowest BCUT2D eigenvalue weighted by Crippen LogP contribution is -2.41. The van der Waals surface area contributed by atoms with Crippen molar-refractivity contribution in [3.8, 4) is 17.0 Å². The maximum Gasteiger partial charge on any atom is 0.127 e. The first-order valence-corrected chi connectivity index (χ1v) is 10.2. The smallest absolute Gasteiger partial charge is 0.127 e. The van der Waals surface area contributed by atoms with Gasteiger partial charge in [-0.05, 0) is 57.0 Å². The Morgan fingerprint density at radius 1 is 0.966 bits per heavy atom. The van der Waals surface area contributed by atoms with Gasteiger partial charge >= 0.3 is 0 Å². The number of pyridine rings is 2. The molecule has 0 bridgehead atoms. The molecule has 1 unspecified atom stereocenters. The quantitative estimate of drug-likeness (QED) is 0.541. The first kappa shape index (κ1) is 18.1. The van der Waals surface area contributed by atoms with Crippen molar-refractivity contribution < 1.29 is 5.11 Å². The first-order chi connectivity index (χ1) is 14.0. The van der Waals surface area contributed by atoms with Gasteiger partial charge < -0.3 is 10.4 Å². The number of benzene rings is 1. The number of hydrogen-bond donors (Lipinski definition) is 2. The highest BCUT2D eigenvalue weighted by Gasteiger charge is 2.25. The Labute approximate surface area is 169 Å². The number of hydrogen-bond acceptors (Lipinski definition) is 5. The number of rotatable bonds is 2. The summed E-state index contributed by atoms with van der Waals surface area (Å²) in [6, 6.07) is 12.7. The van der Waals surface area contributed by atoms with Gasteiger partial charge in [-0.25, -0.2) is 4.98 Å². The largest absolute Gasteiger partial charge is 0.507 e. The molecule has 6 nitrogen and oxygen atoms in total. The monoisotopic (exact) mass is 387 g/mol. The van der Waals surface area contributed by atoms with Gasteiger partial charge in [-0.2, -0.15) is 5.10 Å². The standard InChI is InChI=1S/C23H25N5O/c1-13-8-15(9-14(2)24-13)18-4-6-21-20(25-18)7-5-19(26-21)17-10-16-12-28(3)27-22(16)11-23(17)29/h4-7,10-15,24,29H,8-9H2,1-3H3/t13-,14+,15?. The Balaban J connectivity index is 1.52. The van der Waals surface area contributed by atoms with Crippen molar-refractivity contribution in [3.63, 3.8) is 0 Å². The number of nitrogens with one attached hydrogen (secondary N) is 1. The Morgan fingerprint density at radius 3 is 2.48 bits per heavy atom. The van der Waals surface area contributed by atoms with E-state index < -0.39 is 0 Å². The summed E-state index contributed by atoms with van der Waals surface area (Å²) in [5.74, 6) is 0.660. The fourth-order valence-corrected chi connectivity index (χ4v) is 4.61. The van der Waals surface area contributed by atoms with Gasteiger partial charge in [-0.15, -0.1) is 0 Å². The summed E-state index contributed by atoms with van der Waals surface area (Å²) in [7, 11) is 1.87. The molecule has 0 saturated carbocycles. The van der Waals surface area contributed by atoms with Crippen LogP contribution in [-0.4, -0.2) is 36.9 Å². The number of phenolic OH excluding ortho intramolecular Hbond substituents is 1. The average molecular weight is 387 g/mol. The number of aromatic hydroxyl groups is 1. The summed E-state index contributed by atoms with van der Waals surface area (Å²) < 4.78 is 1.75. The summed E-state index contributed by atoms with van der Waals surface area (Å²) in [5, 5.41) is 19.4. The highest BCUT2D eigenvalue weighted by molar-refractivity contribution is 5.88. The van der Waals surface area contributed by atoms with Crippen molar-refractivity contribution in [2.45, 2.75) is 44.7 Å². The number of piperidine rings is 1. The first-order valence-electron chi connectivity index (χ1n) is 10.2. The van der Waals surface area contributed by atoms with Crippen LogP contribution in [0.25, 0.3) is 33.2 Å². The fourth-order valence-electron chi connectivity index (χ4n) is 4.61. The molecular weight excluding hydrogens is 362 g/mol. The van der Waals surface area contributed by atoms with E-state index in [2.05, 4.69) is 36.4 Å². The van der Waals surface area contributed by atoms with Crippen LogP contribution < -0.4 is 5.32 Å². The lowest BCUT2D eigenvalue weighted by molar-refractivity contribution is 0.314. The zero-order valence-corrected chi connectivity index (χ0v) is 16.9. The van der Waals surface area contributed by atoms with E-state index in [1.807, 2.05) is 31.4 Å². The maximum absolute atomic E-state index is 10.5. The van der Waals surface area contributed by atoms with Gasteiger partial charge in [-0.1, -0.05) is 0 Å². The molecule has 4 heterocycles. The summed E-state index contributed by atoms with van der Waals surface area (Å²) in [5.41, 5.74) is 5.09. The molecule has 0 amide bonds. The average Bonchev–Trinajstić information content (AvgIpc) is 3.04. The van der Waals surface area contributed by atoms with Crippen LogP contribution in [0.2, 0.25) is 0 Å². The van der Waals surface area contributed by atoms with Crippen molar-refractivity contribution in [3.05, 3.63) is 48.3 Å². The van der Waals surface area contributed by atoms with E-state index in [1.54, 1.807) is 10.7 Å². The Hall–Kier alpha value is -2.99. The van der Waals surface area contributed by atoms with E-state index in [0.717, 1.165) is 46.2 Å². The molecule has 1 saturated heterocycles. The van der Waals surface area contributed by atoms with Crippen LogP contribution in [-0.2, 0) is 7.05 Å². The normalized spacial score (nSPS) is 22.4. The highest BCUT2D eigenvalue weighted by Crippen LogP contribution is 2.34. The molecule has 1 aromatic carbocycles. The van der Waals surface area contributed by atoms with Crippen LogP contribution in [0.5, 0.6) is 5.75 Å². The molecule has 3 aromatic heterocycles. The van der Waals surface area contributed by atoms with Crippen molar-refractivity contribution in [1.82, 2.24) is 25.1 Å². The van der Waals surface area contributed by atoms with Crippen LogP contribution in [0, 0.1) is 0 Å². The molecule has 148 valence electrons.